The molecular weight excluding hydrogens is 292 g/mol. The van der Waals surface area contributed by atoms with Crippen LogP contribution >= 0.6 is 12.2 Å². The van der Waals surface area contributed by atoms with E-state index < -0.39 is 0 Å². The monoisotopic (exact) mass is 304 g/mol. The molecule has 0 radical (unpaired) electrons. The van der Waals surface area contributed by atoms with Gasteiger partial charge in [0.05, 0.1) is 23.9 Å². The van der Waals surface area contributed by atoms with E-state index in [1.165, 1.54) is 10.6 Å². The normalized spacial score (nSPS) is 12.7. The number of aromatic hydroxyl groups is 2. The highest BCUT2D eigenvalue weighted by Crippen LogP contribution is 2.33. The molecule has 4 N–H and O–H groups in total. The quantitative estimate of drug-likeness (QED) is 0.603. The summed E-state index contributed by atoms with van der Waals surface area (Å²) < 4.78 is 1.20. The fraction of sp³-hybridized carbons (Fsp3) is 0.154. The molecule has 1 aliphatic heterocycles. The smallest absolute Gasteiger partial charge is 0.220 e. The molecule has 1 aromatic heterocycles. The van der Waals surface area contributed by atoms with Gasteiger partial charge in [-0.05, 0) is 30.4 Å². The average Bonchev–Trinajstić information content (AvgIpc) is 2.93. The lowest BCUT2D eigenvalue weighted by atomic mass is 10.3. The number of benzene rings is 1. The van der Waals surface area contributed by atoms with Crippen molar-refractivity contribution in [3.63, 3.8) is 0 Å². The first-order chi connectivity index (χ1) is 10.1. The largest absolute Gasteiger partial charge is 0.494 e. The van der Waals surface area contributed by atoms with Gasteiger partial charge in [0.15, 0.2) is 5.88 Å². The van der Waals surface area contributed by atoms with Crippen molar-refractivity contribution >= 4 is 28.7 Å². The number of thiocarbonyl (C=S) groups is 1. The first-order valence-corrected chi connectivity index (χ1v) is 6.60. The van der Waals surface area contributed by atoms with Crippen LogP contribution in [0.3, 0.4) is 0 Å². The number of aliphatic hydroxyl groups is 1. The van der Waals surface area contributed by atoms with E-state index >= 15 is 0 Å². The Labute approximate surface area is 124 Å². The summed E-state index contributed by atoms with van der Waals surface area (Å²) in [4.78, 5) is 8.18. The van der Waals surface area contributed by atoms with E-state index in [4.69, 9.17) is 17.3 Å². The zero-order chi connectivity index (χ0) is 15.0. The molecule has 1 aromatic carbocycles. The van der Waals surface area contributed by atoms with Gasteiger partial charge in [0.1, 0.15) is 5.69 Å². The standard InChI is InChI=1S/C13H12N4O3S/c18-4-3-17-11(19)6-10(12(17)20)14-7-1-2-8-9(5-7)16-13(21)15-8/h1-2,5-6,14,18-20H,3-4H2. The minimum atomic E-state index is -0.189. The van der Waals surface area contributed by atoms with E-state index in [2.05, 4.69) is 15.3 Å². The third-order valence-electron chi connectivity index (χ3n) is 3.06. The van der Waals surface area contributed by atoms with Crippen molar-refractivity contribution < 1.29 is 15.3 Å². The molecule has 2 heterocycles. The number of aromatic nitrogens is 1. The van der Waals surface area contributed by atoms with Crippen molar-refractivity contribution in [1.82, 2.24) is 4.57 Å². The molecule has 0 fully saturated rings. The Morgan fingerprint density at radius 1 is 1.14 bits per heavy atom. The first kappa shape index (κ1) is 13.5. The van der Waals surface area contributed by atoms with Crippen molar-refractivity contribution in [2.75, 3.05) is 11.9 Å². The summed E-state index contributed by atoms with van der Waals surface area (Å²) in [5.41, 5.74) is 1.01. The van der Waals surface area contributed by atoms with Crippen molar-refractivity contribution in [3.05, 3.63) is 35.0 Å². The van der Waals surface area contributed by atoms with E-state index in [0.717, 1.165) is 0 Å². The highest BCUT2D eigenvalue weighted by atomic mass is 32.1. The molecule has 2 aromatic rings. The second-order valence-corrected chi connectivity index (χ2v) is 4.81. The van der Waals surface area contributed by atoms with Gasteiger partial charge in [-0.25, -0.2) is 9.98 Å². The number of anilines is 2. The van der Waals surface area contributed by atoms with Crippen LogP contribution < -0.4 is 16.0 Å². The lowest BCUT2D eigenvalue weighted by Crippen LogP contribution is -2.21. The van der Waals surface area contributed by atoms with Crippen molar-refractivity contribution in [1.29, 1.82) is 0 Å². The number of aliphatic hydroxyl groups excluding tert-OH is 1. The maximum atomic E-state index is 10.0. The van der Waals surface area contributed by atoms with Gasteiger partial charge >= 0.3 is 0 Å². The van der Waals surface area contributed by atoms with Crippen molar-refractivity contribution in [2.45, 2.75) is 6.54 Å². The maximum Gasteiger partial charge on any atom is 0.220 e. The number of nitrogens with zero attached hydrogens (tertiary/aromatic N) is 3. The molecule has 0 saturated carbocycles. The lowest BCUT2D eigenvalue weighted by molar-refractivity contribution is 0.256. The second-order valence-electron chi connectivity index (χ2n) is 4.45. The molecule has 21 heavy (non-hydrogen) atoms. The molecule has 1 aliphatic rings. The Morgan fingerprint density at radius 2 is 1.90 bits per heavy atom. The number of fused-ring (bicyclic) bond motifs is 1. The minimum Gasteiger partial charge on any atom is -0.494 e. The van der Waals surface area contributed by atoms with Crippen LogP contribution in [0.25, 0.3) is 0 Å². The minimum absolute atomic E-state index is 0.103. The number of nitrogens with one attached hydrogen (secondary N) is 1. The average molecular weight is 304 g/mol. The third-order valence-corrected chi connectivity index (χ3v) is 3.24. The zero-order valence-corrected chi connectivity index (χ0v) is 11.6. The zero-order valence-electron chi connectivity index (χ0n) is 10.8. The number of rotatable bonds is 4. The summed E-state index contributed by atoms with van der Waals surface area (Å²) in [6.45, 7) is -0.0854. The van der Waals surface area contributed by atoms with Gasteiger partial charge in [-0.2, -0.15) is 0 Å². The van der Waals surface area contributed by atoms with Crippen LogP contribution in [0, 0.1) is 0 Å². The van der Waals surface area contributed by atoms with Crippen LogP contribution in [0.4, 0.5) is 11.4 Å². The molecule has 0 amide bonds. The molecule has 108 valence electrons. The highest BCUT2D eigenvalue weighted by Gasteiger charge is 2.14. The fourth-order valence-electron chi connectivity index (χ4n) is 2.11. The van der Waals surface area contributed by atoms with E-state index in [1.807, 2.05) is 0 Å². The summed E-state index contributed by atoms with van der Waals surface area (Å²) in [6, 6.07) is 6.66. The summed E-state index contributed by atoms with van der Waals surface area (Å²) in [7, 11) is 0. The molecule has 3 rings (SSSR count). The Bertz CT molecular complexity index is 844. The van der Waals surface area contributed by atoms with Crippen LogP contribution in [0.1, 0.15) is 0 Å². The molecule has 8 heteroatoms. The van der Waals surface area contributed by atoms with Crippen LogP contribution in [0.15, 0.2) is 34.3 Å². The Balaban J connectivity index is 1.94. The van der Waals surface area contributed by atoms with Crippen LogP contribution in [-0.2, 0) is 6.54 Å². The Hall–Kier alpha value is -2.45. The molecule has 0 aliphatic carbocycles. The van der Waals surface area contributed by atoms with E-state index in [0.29, 0.717) is 22.1 Å². The van der Waals surface area contributed by atoms with Crippen molar-refractivity contribution in [3.8, 4) is 11.8 Å². The van der Waals surface area contributed by atoms with Crippen LogP contribution in [-0.4, -0.2) is 31.6 Å². The van der Waals surface area contributed by atoms with E-state index in [-0.39, 0.29) is 30.0 Å². The molecule has 7 nitrogen and oxygen atoms in total. The van der Waals surface area contributed by atoms with Gasteiger partial charge in [0.25, 0.3) is 0 Å². The molecule has 0 saturated heterocycles. The summed E-state index contributed by atoms with van der Waals surface area (Å²) in [6.07, 6.45) is 0. The number of hydrogen-bond donors (Lipinski definition) is 4. The number of hydrogen-bond acceptors (Lipinski definition) is 5. The Morgan fingerprint density at radius 3 is 2.67 bits per heavy atom. The fourth-order valence-corrected chi connectivity index (χ4v) is 2.31. The Kier molecular flexibility index (Phi) is 3.32. The van der Waals surface area contributed by atoms with Gasteiger partial charge < -0.3 is 20.6 Å². The SMILES string of the molecule is OCCn1c(O)cc(Nc2ccc3c(c2)=NC(=S)N=3)c1O. The molecule has 0 spiro atoms. The molecular formula is C13H12N4O3S. The van der Waals surface area contributed by atoms with Gasteiger partial charge in [-0.1, -0.05) is 0 Å². The molecule has 0 unspecified atom stereocenters. The molecule has 0 bridgehead atoms. The highest BCUT2D eigenvalue weighted by molar-refractivity contribution is 7.80. The summed E-state index contributed by atoms with van der Waals surface area (Å²) >= 11 is 4.91. The van der Waals surface area contributed by atoms with Crippen LogP contribution in [0.2, 0.25) is 0 Å². The molecule has 0 atom stereocenters. The third kappa shape index (κ3) is 2.46. The maximum absolute atomic E-state index is 10.0. The summed E-state index contributed by atoms with van der Waals surface area (Å²) in [5, 5.41) is 33.2. The van der Waals surface area contributed by atoms with Gasteiger partial charge in [-0.15, -0.1) is 0 Å². The summed E-state index contributed by atoms with van der Waals surface area (Å²) in [5.74, 6) is -0.287. The predicted octanol–water partition coefficient (Wildman–Crippen LogP) is 0.173. The van der Waals surface area contributed by atoms with Gasteiger partial charge in [0.2, 0.25) is 11.0 Å². The second kappa shape index (κ2) is 5.15. The van der Waals surface area contributed by atoms with E-state index in [9.17, 15) is 10.2 Å². The lowest BCUT2D eigenvalue weighted by Gasteiger charge is -2.06. The van der Waals surface area contributed by atoms with Crippen LogP contribution in [0.5, 0.6) is 11.8 Å². The first-order valence-electron chi connectivity index (χ1n) is 6.19. The van der Waals surface area contributed by atoms with E-state index in [1.54, 1.807) is 18.2 Å². The topological polar surface area (TPSA) is 102 Å². The van der Waals surface area contributed by atoms with Gasteiger partial charge in [0, 0.05) is 11.8 Å². The predicted molar refractivity (Wildman–Crippen MR) is 79.5 cm³/mol. The van der Waals surface area contributed by atoms with Crippen molar-refractivity contribution in [2.24, 2.45) is 9.98 Å². The van der Waals surface area contributed by atoms with Gasteiger partial charge in [-0.3, -0.25) is 4.57 Å².